The van der Waals surface area contributed by atoms with Crippen LogP contribution in [0.3, 0.4) is 0 Å². The Morgan fingerprint density at radius 2 is 1.75 bits per heavy atom. The lowest BCUT2D eigenvalue weighted by Crippen LogP contribution is -2.41. The highest BCUT2D eigenvalue weighted by Crippen LogP contribution is 2.47. The zero-order valence-corrected chi connectivity index (χ0v) is 14.0. The van der Waals surface area contributed by atoms with Crippen molar-refractivity contribution >= 4 is 14.6 Å². The number of amides is 1. The normalized spacial score (nSPS) is 19.1. The fourth-order valence-electron chi connectivity index (χ4n) is 2.45. The summed E-state index contributed by atoms with van der Waals surface area (Å²) in [7, 11) is 0.591. The van der Waals surface area contributed by atoms with Crippen molar-refractivity contribution in [1.82, 2.24) is 9.57 Å². The first kappa shape index (κ1) is 17.6. The number of nitrogens with zero attached hydrogens (tertiary/aromatic N) is 2. The van der Waals surface area contributed by atoms with Gasteiger partial charge in [-0.15, -0.1) is 0 Å². The Morgan fingerprint density at radius 1 is 1.25 bits per heavy atom. The first-order valence-corrected chi connectivity index (χ1v) is 8.27. The van der Waals surface area contributed by atoms with Crippen molar-refractivity contribution in [2.45, 2.75) is 58.7 Å². The van der Waals surface area contributed by atoms with E-state index in [1.165, 1.54) is 4.90 Å². The molecule has 1 atom stereocenters. The van der Waals surface area contributed by atoms with Gasteiger partial charge < -0.3 is 19.1 Å². The van der Waals surface area contributed by atoms with E-state index in [0.717, 1.165) is 12.8 Å². The Hall–Kier alpha value is -0.420. The average molecular weight is 306 g/mol. The van der Waals surface area contributed by atoms with Crippen LogP contribution in [0.4, 0.5) is 4.79 Å². The topological polar surface area (TPSA) is 62.2 Å². The first-order valence-electron chi connectivity index (χ1n) is 7.14. The number of piperidine rings is 1. The van der Waals surface area contributed by atoms with Gasteiger partial charge in [-0.2, -0.15) is 0 Å². The minimum atomic E-state index is -1.09. The summed E-state index contributed by atoms with van der Waals surface area (Å²) in [6, 6.07) is 0.695. The quantitative estimate of drug-likeness (QED) is 0.764. The summed E-state index contributed by atoms with van der Waals surface area (Å²) >= 11 is 0. The van der Waals surface area contributed by atoms with Crippen molar-refractivity contribution < 1.29 is 18.9 Å². The summed E-state index contributed by atoms with van der Waals surface area (Å²) in [4.78, 5) is 12.3. The molecule has 7 heteroatoms. The van der Waals surface area contributed by atoms with Gasteiger partial charge in [0.15, 0.2) is 0 Å². The van der Waals surface area contributed by atoms with Crippen molar-refractivity contribution in [1.29, 1.82) is 0 Å². The van der Waals surface area contributed by atoms with Crippen LogP contribution in [-0.4, -0.2) is 59.2 Å². The van der Waals surface area contributed by atoms with Gasteiger partial charge >= 0.3 is 6.09 Å². The molecule has 0 aromatic rings. The highest BCUT2D eigenvalue weighted by molar-refractivity contribution is 7.44. The molecule has 1 fully saturated rings. The molecule has 0 spiro atoms. The Kier molecular flexibility index (Phi) is 7.17. The summed E-state index contributed by atoms with van der Waals surface area (Å²) in [5.74, 6) is 0. The van der Waals surface area contributed by atoms with E-state index in [0.29, 0.717) is 25.2 Å². The lowest BCUT2D eigenvalue weighted by molar-refractivity contribution is 0.0765. The Balaban J connectivity index is 2.55. The van der Waals surface area contributed by atoms with Gasteiger partial charge in [-0.25, -0.2) is 9.46 Å². The number of carbonyl (C=O) groups is 1. The molecule has 1 heterocycles. The van der Waals surface area contributed by atoms with Gasteiger partial charge in [0, 0.05) is 32.3 Å². The molecule has 0 aromatic carbocycles. The van der Waals surface area contributed by atoms with Gasteiger partial charge in [0.25, 0.3) is 8.53 Å². The van der Waals surface area contributed by atoms with E-state index in [2.05, 4.69) is 32.4 Å². The Labute approximate surface area is 123 Å². The second kappa shape index (κ2) is 8.13. The molecule has 0 aliphatic carbocycles. The lowest BCUT2D eigenvalue weighted by Gasteiger charge is -2.38. The molecule has 0 radical (unpaired) electrons. The molecular formula is C13H27N2O4P. The number of rotatable bonds is 6. The summed E-state index contributed by atoms with van der Waals surface area (Å²) < 4.78 is 13.9. The highest BCUT2D eigenvalue weighted by atomic mass is 31.2. The Bertz CT molecular complexity index is 299. The molecule has 1 aliphatic heterocycles. The molecule has 20 heavy (non-hydrogen) atoms. The van der Waals surface area contributed by atoms with Crippen molar-refractivity contribution in [2.75, 3.05) is 20.2 Å². The molecule has 0 bridgehead atoms. The first-order chi connectivity index (χ1) is 9.36. The Morgan fingerprint density at radius 3 is 2.10 bits per heavy atom. The van der Waals surface area contributed by atoms with Crippen LogP contribution >= 0.6 is 8.53 Å². The van der Waals surface area contributed by atoms with Crippen LogP contribution in [0, 0.1) is 0 Å². The molecular weight excluding hydrogens is 279 g/mol. The fraction of sp³-hybridized carbons (Fsp3) is 0.923. The van der Waals surface area contributed by atoms with Crippen LogP contribution in [-0.2, 0) is 9.05 Å². The molecule has 1 aliphatic rings. The fourth-order valence-corrected chi connectivity index (χ4v) is 4.05. The van der Waals surface area contributed by atoms with Gasteiger partial charge in [-0.3, -0.25) is 0 Å². The van der Waals surface area contributed by atoms with Crippen molar-refractivity contribution in [3.8, 4) is 0 Å². The minimum Gasteiger partial charge on any atom is -0.465 e. The average Bonchev–Trinajstić information content (AvgIpc) is 2.37. The van der Waals surface area contributed by atoms with Crippen LogP contribution in [0.25, 0.3) is 0 Å². The van der Waals surface area contributed by atoms with E-state index in [-0.39, 0.29) is 6.10 Å². The SMILES string of the molecule is COP(OC1CCN(C(=O)O)CC1)N(C(C)C)C(C)C. The molecule has 6 nitrogen and oxygen atoms in total. The van der Waals surface area contributed by atoms with Gasteiger partial charge in [0.1, 0.15) is 0 Å². The van der Waals surface area contributed by atoms with E-state index in [4.69, 9.17) is 14.2 Å². The molecule has 0 saturated carbocycles. The maximum absolute atomic E-state index is 10.9. The monoisotopic (exact) mass is 306 g/mol. The number of carboxylic acid groups (broad SMARTS) is 1. The van der Waals surface area contributed by atoms with Gasteiger partial charge in [0.2, 0.25) is 0 Å². The third kappa shape index (κ3) is 4.85. The van der Waals surface area contributed by atoms with Crippen LogP contribution < -0.4 is 0 Å². The molecule has 1 amide bonds. The predicted octanol–water partition coefficient (Wildman–Crippen LogP) is 3.14. The van der Waals surface area contributed by atoms with E-state index in [9.17, 15) is 4.79 Å². The van der Waals surface area contributed by atoms with E-state index >= 15 is 0 Å². The number of hydrogen-bond acceptors (Lipinski definition) is 4. The van der Waals surface area contributed by atoms with Crippen LogP contribution in [0.1, 0.15) is 40.5 Å². The second-order valence-electron chi connectivity index (χ2n) is 5.56. The largest absolute Gasteiger partial charge is 0.465 e. The van der Waals surface area contributed by atoms with Gasteiger partial charge in [0.05, 0.1) is 6.10 Å². The zero-order chi connectivity index (χ0) is 15.3. The summed E-state index contributed by atoms with van der Waals surface area (Å²) in [5.41, 5.74) is 0. The maximum Gasteiger partial charge on any atom is 0.407 e. The second-order valence-corrected chi connectivity index (χ2v) is 7.08. The van der Waals surface area contributed by atoms with Crippen LogP contribution in [0.5, 0.6) is 0 Å². The van der Waals surface area contributed by atoms with E-state index < -0.39 is 14.6 Å². The van der Waals surface area contributed by atoms with Crippen molar-refractivity contribution in [3.05, 3.63) is 0 Å². The lowest BCUT2D eigenvalue weighted by atomic mass is 10.1. The van der Waals surface area contributed by atoms with Crippen molar-refractivity contribution in [2.24, 2.45) is 0 Å². The summed E-state index contributed by atoms with van der Waals surface area (Å²) in [6.07, 6.45) is 0.706. The van der Waals surface area contributed by atoms with Crippen LogP contribution in [0.15, 0.2) is 0 Å². The number of likely N-dealkylation sites (tertiary alicyclic amines) is 1. The standard InChI is InChI=1S/C13H27N2O4P/c1-10(2)15(11(3)4)20(18-5)19-12-6-8-14(9-7-12)13(16)17/h10-12H,6-9H2,1-5H3,(H,16,17). The van der Waals surface area contributed by atoms with Crippen molar-refractivity contribution in [3.63, 3.8) is 0 Å². The smallest absolute Gasteiger partial charge is 0.407 e. The molecule has 1 N–H and O–H groups in total. The van der Waals surface area contributed by atoms with E-state index in [1.807, 2.05) is 0 Å². The third-order valence-corrected chi connectivity index (χ3v) is 5.45. The molecule has 1 rings (SSSR count). The van der Waals surface area contributed by atoms with Gasteiger partial charge in [-0.05, 0) is 40.5 Å². The maximum atomic E-state index is 10.9. The summed E-state index contributed by atoms with van der Waals surface area (Å²) in [6.45, 7) is 9.59. The predicted molar refractivity (Wildman–Crippen MR) is 79.7 cm³/mol. The third-order valence-electron chi connectivity index (χ3n) is 3.35. The molecule has 1 saturated heterocycles. The molecule has 1 unspecified atom stereocenters. The van der Waals surface area contributed by atoms with Gasteiger partial charge in [-0.1, -0.05) is 0 Å². The van der Waals surface area contributed by atoms with Crippen LogP contribution in [0.2, 0.25) is 0 Å². The highest BCUT2D eigenvalue weighted by Gasteiger charge is 2.31. The zero-order valence-electron chi connectivity index (χ0n) is 13.1. The van der Waals surface area contributed by atoms with E-state index in [1.54, 1.807) is 7.11 Å². The minimum absolute atomic E-state index is 0.0802. The number of hydrogen-bond donors (Lipinski definition) is 1. The molecule has 0 aromatic heterocycles. The summed E-state index contributed by atoms with van der Waals surface area (Å²) in [5, 5.41) is 8.94. The molecule has 118 valence electrons.